The van der Waals surface area contributed by atoms with E-state index in [1.165, 1.54) is 7.05 Å². The van der Waals surface area contributed by atoms with Crippen molar-refractivity contribution in [2.24, 2.45) is 0 Å². The average molecular weight is 290 g/mol. The molecule has 0 saturated carbocycles. The second-order valence-corrected chi connectivity index (χ2v) is 5.98. The van der Waals surface area contributed by atoms with Gasteiger partial charge in [-0.15, -0.1) is 6.42 Å². The normalized spacial score (nSPS) is 10.8. The number of carbonyl (C=O) groups excluding carboxylic acids is 1. The standard InChI is InChI=1S/C11H9ClFNO3S/c1-3-6-14(2)11(15)9-7-8(13)4-5-10(9)18(12,16)17/h1,4-5,7H,6H2,2H3. The van der Waals surface area contributed by atoms with Crippen molar-refractivity contribution in [3.63, 3.8) is 0 Å². The maximum absolute atomic E-state index is 13.1. The van der Waals surface area contributed by atoms with Gasteiger partial charge < -0.3 is 4.90 Å². The molecule has 1 aromatic rings. The first-order chi connectivity index (χ1) is 8.27. The van der Waals surface area contributed by atoms with Gasteiger partial charge in [-0.2, -0.15) is 0 Å². The zero-order valence-electron chi connectivity index (χ0n) is 9.35. The molecule has 0 saturated heterocycles. The fraction of sp³-hybridized carbons (Fsp3) is 0.182. The van der Waals surface area contributed by atoms with Crippen molar-refractivity contribution in [1.29, 1.82) is 0 Å². The maximum atomic E-state index is 13.1. The summed E-state index contributed by atoms with van der Waals surface area (Å²) < 4.78 is 35.7. The van der Waals surface area contributed by atoms with E-state index in [9.17, 15) is 17.6 Å². The van der Waals surface area contributed by atoms with E-state index < -0.39 is 25.7 Å². The lowest BCUT2D eigenvalue weighted by Crippen LogP contribution is -2.28. The quantitative estimate of drug-likeness (QED) is 0.625. The molecule has 0 spiro atoms. The molecule has 0 radical (unpaired) electrons. The van der Waals surface area contributed by atoms with E-state index >= 15 is 0 Å². The minimum Gasteiger partial charge on any atom is -0.331 e. The molecule has 1 rings (SSSR count). The van der Waals surface area contributed by atoms with Gasteiger partial charge in [-0.25, -0.2) is 12.8 Å². The minimum absolute atomic E-state index is 0.0306. The number of terminal acetylenes is 1. The molecular formula is C11H9ClFNO3S. The number of hydrogen-bond donors (Lipinski definition) is 0. The van der Waals surface area contributed by atoms with E-state index in [4.69, 9.17) is 17.1 Å². The first-order valence-electron chi connectivity index (χ1n) is 4.70. The molecule has 1 aromatic carbocycles. The molecule has 0 aliphatic rings. The van der Waals surface area contributed by atoms with Gasteiger partial charge in [-0.05, 0) is 18.2 Å². The predicted octanol–water partition coefficient (Wildman–Crippen LogP) is 1.46. The summed E-state index contributed by atoms with van der Waals surface area (Å²) >= 11 is 0. The van der Waals surface area contributed by atoms with Gasteiger partial charge in [0.2, 0.25) is 0 Å². The Bertz CT molecular complexity index is 622. The van der Waals surface area contributed by atoms with Gasteiger partial charge in [-0.3, -0.25) is 4.79 Å². The fourth-order valence-corrected chi connectivity index (χ4v) is 2.34. The van der Waals surface area contributed by atoms with Crippen LogP contribution in [0.2, 0.25) is 0 Å². The Balaban J connectivity index is 3.36. The highest BCUT2D eigenvalue weighted by molar-refractivity contribution is 8.13. The lowest BCUT2D eigenvalue weighted by Gasteiger charge is -2.15. The van der Waals surface area contributed by atoms with Crippen LogP contribution < -0.4 is 0 Å². The Morgan fingerprint density at radius 3 is 2.67 bits per heavy atom. The predicted molar refractivity (Wildman–Crippen MR) is 65.2 cm³/mol. The third-order valence-electron chi connectivity index (χ3n) is 2.11. The molecule has 0 bridgehead atoms. The van der Waals surface area contributed by atoms with Crippen LogP contribution in [0.4, 0.5) is 4.39 Å². The van der Waals surface area contributed by atoms with Crippen LogP contribution in [0.3, 0.4) is 0 Å². The fourth-order valence-electron chi connectivity index (χ4n) is 1.30. The molecule has 1 amide bonds. The van der Waals surface area contributed by atoms with Crippen LogP contribution in [0.15, 0.2) is 23.1 Å². The zero-order valence-corrected chi connectivity index (χ0v) is 10.9. The molecule has 18 heavy (non-hydrogen) atoms. The summed E-state index contributed by atoms with van der Waals surface area (Å²) in [6.07, 6.45) is 5.04. The van der Waals surface area contributed by atoms with Crippen molar-refractivity contribution in [1.82, 2.24) is 4.90 Å². The molecule has 0 aromatic heterocycles. The van der Waals surface area contributed by atoms with E-state index in [1.807, 2.05) is 0 Å². The second-order valence-electron chi connectivity index (χ2n) is 3.44. The van der Waals surface area contributed by atoms with Gasteiger partial charge in [-0.1, -0.05) is 5.92 Å². The van der Waals surface area contributed by atoms with Gasteiger partial charge >= 0.3 is 0 Å². The molecule has 0 aliphatic heterocycles. The highest BCUT2D eigenvalue weighted by Gasteiger charge is 2.23. The van der Waals surface area contributed by atoms with Gasteiger partial charge in [0.15, 0.2) is 0 Å². The summed E-state index contributed by atoms with van der Waals surface area (Å²) in [5.74, 6) is 0.764. The smallest absolute Gasteiger partial charge is 0.262 e. The largest absolute Gasteiger partial charge is 0.331 e. The lowest BCUT2D eigenvalue weighted by atomic mass is 10.2. The van der Waals surface area contributed by atoms with Crippen molar-refractivity contribution in [2.45, 2.75) is 4.90 Å². The number of benzene rings is 1. The zero-order chi connectivity index (χ0) is 13.9. The average Bonchev–Trinajstić information content (AvgIpc) is 2.26. The van der Waals surface area contributed by atoms with Crippen LogP contribution in [0.1, 0.15) is 10.4 Å². The highest BCUT2D eigenvalue weighted by Crippen LogP contribution is 2.22. The van der Waals surface area contributed by atoms with Crippen LogP contribution in [0.5, 0.6) is 0 Å². The van der Waals surface area contributed by atoms with E-state index in [0.29, 0.717) is 0 Å². The van der Waals surface area contributed by atoms with E-state index in [1.54, 1.807) is 0 Å². The minimum atomic E-state index is -4.14. The van der Waals surface area contributed by atoms with Crippen molar-refractivity contribution in [3.05, 3.63) is 29.6 Å². The number of halogens is 2. The van der Waals surface area contributed by atoms with Crippen molar-refractivity contribution in [3.8, 4) is 12.3 Å². The topological polar surface area (TPSA) is 54.5 Å². The first kappa shape index (κ1) is 14.5. The molecular weight excluding hydrogens is 281 g/mol. The van der Waals surface area contributed by atoms with Gasteiger partial charge in [0.05, 0.1) is 17.0 Å². The highest BCUT2D eigenvalue weighted by atomic mass is 35.7. The Kier molecular flexibility index (Phi) is 4.33. The van der Waals surface area contributed by atoms with E-state index in [0.717, 1.165) is 23.1 Å². The number of amides is 1. The molecule has 96 valence electrons. The second kappa shape index (κ2) is 5.38. The number of hydrogen-bond acceptors (Lipinski definition) is 3. The van der Waals surface area contributed by atoms with Crippen LogP contribution in [-0.2, 0) is 9.05 Å². The third kappa shape index (κ3) is 3.22. The van der Waals surface area contributed by atoms with Gasteiger partial charge in [0.1, 0.15) is 5.82 Å². The molecule has 0 aliphatic carbocycles. The Labute approximate surface area is 109 Å². The van der Waals surface area contributed by atoms with Crippen molar-refractivity contribution in [2.75, 3.05) is 13.6 Å². The van der Waals surface area contributed by atoms with Crippen molar-refractivity contribution >= 4 is 25.6 Å². The van der Waals surface area contributed by atoms with Crippen LogP contribution in [0, 0.1) is 18.2 Å². The third-order valence-corrected chi connectivity index (χ3v) is 3.49. The SMILES string of the molecule is C#CCN(C)C(=O)c1cc(F)ccc1S(=O)(=O)Cl. The molecule has 7 heteroatoms. The summed E-state index contributed by atoms with van der Waals surface area (Å²) in [7, 11) is 2.42. The van der Waals surface area contributed by atoms with Crippen LogP contribution >= 0.6 is 10.7 Å². The first-order valence-corrected chi connectivity index (χ1v) is 7.01. The summed E-state index contributed by atoms with van der Waals surface area (Å²) in [4.78, 5) is 12.5. The molecule has 0 fully saturated rings. The number of nitrogens with zero attached hydrogens (tertiary/aromatic N) is 1. The Morgan fingerprint density at radius 1 is 1.56 bits per heavy atom. The molecule has 0 unspecified atom stereocenters. The summed E-state index contributed by atoms with van der Waals surface area (Å²) in [5.41, 5.74) is -0.345. The number of carbonyl (C=O) groups is 1. The van der Waals surface area contributed by atoms with Gasteiger partial charge in [0, 0.05) is 17.7 Å². The van der Waals surface area contributed by atoms with E-state index in [2.05, 4.69) is 5.92 Å². The molecule has 0 heterocycles. The van der Waals surface area contributed by atoms with Crippen LogP contribution in [0.25, 0.3) is 0 Å². The van der Waals surface area contributed by atoms with Gasteiger partial charge in [0.25, 0.3) is 15.0 Å². The monoisotopic (exact) mass is 289 g/mol. The lowest BCUT2D eigenvalue weighted by molar-refractivity contribution is 0.0808. The summed E-state index contributed by atoms with van der Waals surface area (Å²) in [6.45, 7) is -0.0306. The van der Waals surface area contributed by atoms with Crippen LogP contribution in [-0.4, -0.2) is 32.8 Å². The van der Waals surface area contributed by atoms with Crippen molar-refractivity contribution < 1.29 is 17.6 Å². The molecule has 4 nitrogen and oxygen atoms in total. The summed E-state index contributed by atoms with van der Waals surface area (Å²) in [6, 6.07) is 2.66. The van der Waals surface area contributed by atoms with E-state index in [-0.39, 0.29) is 12.1 Å². The molecule has 0 atom stereocenters. The Morgan fingerprint density at radius 2 is 2.17 bits per heavy atom. The molecule has 0 N–H and O–H groups in total. The number of rotatable bonds is 3. The maximum Gasteiger partial charge on any atom is 0.262 e. The Hall–Kier alpha value is -1.58. The summed E-state index contributed by atoms with van der Waals surface area (Å²) in [5, 5.41) is 0.